The Labute approximate surface area is 192 Å². The summed E-state index contributed by atoms with van der Waals surface area (Å²) in [6.45, 7) is 21.3. The minimum atomic E-state index is -1.17. The average Bonchev–Trinajstić information content (AvgIpc) is 2.62. The van der Waals surface area contributed by atoms with Gasteiger partial charge in [0, 0.05) is 20.8 Å². The maximum Gasteiger partial charge on any atom is 0.330 e. The number of esters is 1. The van der Waals surface area contributed by atoms with Crippen molar-refractivity contribution in [1.82, 2.24) is 0 Å². The van der Waals surface area contributed by atoms with Gasteiger partial charge in [0.2, 0.25) is 0 Å². The van der Waals surface area contributed by atoms with Crippen molar-refractivity contribution < 1.29 is 14.3 Å². The van der Waals surface area contributed by atoms with Gasteiger partial charge in [0.25, 0.3) is 0 Å². The first-order chi connectivity index (χ1) is 14.4. The fraction of sp³-hybridized carbons (Fsp3) is 0.667. The van der Waals surface area contributed by atoms with Gasteiger partial charge in [0.05, 0.1) is 12.7 Å². The second-order valence-electron chi connectivity index (χ2n) is 10.9. The summed E-state index contributed by atoms with van der Waals surface area (Å²) in [4.78, 5) is 11.9. The van der Waals surface area contributed by atoms with Crippen LogP contribution in [0.1, 0.15) is 54.4 Å². The van der Waals surface area contributed by atoms with Crippen LogP contribution in [0.25, 0.3) is 0 Å². The Balaban J connectivity index is 2.66. The smallest absolute Gasteiger partial charge is 0.330 e. The molecule has 0 heterocycles. The van der Waals surface area contributed by atoms with Crippen LogP contribution in [-0.4, -0.2) is 33.4 Å². The lowest BCUT2D eigenvalue weighted by Crippen LogP contribution is -2.41. The van der Waals surface area contributed by atoms with Gasteiger partial charge in [-0.25, -0.2) is 4.79 Å². The van der Waals surface area contributed by atoms with Crippen LogP contribution in [0.2, 0.25) is 25.7 Å². The zero-order valence-corrected chi connectivity index (χ0v) is 22.5. The summed E-state index contributed by atoms with van der Waals surface area (Å²) in [7, 11) is -1.17. The summed E-state index contributed by atoms with van der Waals surface area (Å²) in [6, 6.07) is 0.997. The molecule has 0 radical (unpaired) electrons. The van der Waals surface area contributed by atoms with Crippen LogP contribution in [0, 0.1) is 17.3 Å². The predicted octanol–water partition coefficient (Wildman–Crippen LogP) is 7.35. The summed E-state index contributed by atoms with van der Waals surface area (Å²) in [5.41, 5.74) is 2.38. The monoisotopic (exact) mass is 446 g/mol. The summed E-state index contributed by atoms with van der Waals surface area (Å²) >= 11 is 0. The van der Waals surface area contributed by atoms with Gasteiger partial charge in [-0.2, -0.15) is 0 Å². The van der Waals surface area contributed by atoms with Gasteiger partial charge in [-0.15, -0.1) is 0 Å². The topological polar surface area (TPSA) is 35.5 Å². The molecule has 0 saturated heterocycles. The number of carbonyl (C=O) groups excluding carboxylic acids is 1. The fourth-order valence-electron chi connectivity index (χ4n) is 4.17. The molecule has 3 unspecified atom stereocenters. The Morgan fingerprint density at radius 2 is 1.81 bits per heavy atom. The van der Waals surface area contributed by atoms with Gasteiger partial charge < -0.3 is 9.47 Å². The number of hydrogen-bond acceptors (Lipinski definition) is 3. The summed E-state index contributed by atoms with van der Waals surface area (Å²) in [5.74, 6) is 0.761. The van der Waals surface area contributed by atoms with Crippen LogP contribution >= 0.6 is 0 Å². The van der Waals surface area contributed by atoms with Gasteiger partial charge >= 0.3 is 5.97 Å². The fourth-order valence-corrected chi connectivity index (χ4v) is 4.88. The van der Waals surface area contributed by atoms with Crippen molar-refractivity contribution in [2.45, 2.75) is 86.2 Å². The number of ether oxygens (including phenoxy) is 2. The third kappa shape index (κ3) is 10.6. The van der Waals surface area contributed by atoms with Gasteiger partial charge in [-0.3, -0.25) is 0 Å². The van der Waals surface area contributed by atoms with Crippen molar-refractivity contribution in [3.63, 3.8) is 0 Å². The van der Waals surface area contributed by atoms with Crippen molar-refractivity contribution in [2.24, 2.45) is 17.3 Å². The summed E-state index contributed by atoms with van der Waals surface area (Å²) in [5, 5.41) is 0. The second kappa shape index (κ2) is 12.6. The molecule has 1 aliphatic rings. The molecule has 0 aromatic heterocycles. The van der Waals surface area contributed by atoms with Crippen LogP contribution in [-0.2, 0) is 14.3 Å². The Kier molecular flexibility index (Phi) is 11.2. The van der Waals surface area contributed by atoms with E-state index in [4.69, 9.17) is 9.47 Å². The summed E-state index contributed by atoms with van der Waals surface area (Å²) < 4.78 is 11.3. The zero-order valence-electron chi connectivity index (χ0n) is 21.5. The predicted molar refractivity (Wildman–Crippen MR) is 136 cm³/mol. The van der Waals surface area contributed by atoms with Crippen molar-refractivity contribution in [3.05, 3.63) is 47.6 Å². The van der Waals surface area contributed by atoms with Crippen LogP contribution in [0.5, 0.6) is 0 Å². The zero-order chi connectivity index (χ0) is 23.7. The van der Waals surface area contributed by atoms with E-state index < -0.39 is 8.07 Å². The highest BCUT2D eigenvalue weighted by atomic mass is 28.3. The summed E-state index contributed by atoms with van der Waals surface area (Å²) in [6.07, 6.45) is 14.9. The maximum absolute atomic E-state index is 11.9. The lowest BCUT2D eigenvalue weighted by atomic mass is 9.63. The molecule has 1 saturated carbocycles. The van der Waals surface area contributed by atoms with Crippen molar-refractivity contribution in [1.29, 1.82) is 0 Å². The first-order valence-electron chi connectivity index (χ1n) is 11.9. The Hall–Kier alpha value is -1.39. The molecule has 3 nitrogen and oxygen atoms in total. The standard InChI is InChI=1S/C27H46O3Si/c1-10-29-25-16-17-27(5,6)24(23(25)4)15-14-21(2)12-11-13-22(3)20-26(28)30-18-19-31(7,8)9/h11-15,20,23-25H,10,16-19H2,1-9H3/b13-11+,15-14+,21-12+,22-20+. The van der Waals surface area contributed by atoms with Crippen molar-refractivity contribution >= 4 is 14.0 Å². The van der Waals surface area contributed by atoms with E-state index in [1.807, 2.05) is 19.1 Å². The van der Waals surface area contributed by atoms with E-state index in [9.17, 15) is 4.79 Å². The molecule has 176 valence electrons. The average molecular weight is 447 g/mol. The quantitative estimate of drug-likeness (QED) is 0.152. The number of allylic oxidation sites excluding steroid dienone is 7. The number of rotatable bonds is 10. The molecular formula is C27H46O3Si. The molecule has 0 aromatic rings. The van der Waals surface area contributed by atoms with Crippen LogP contribution in [0.4, 0.5) is 0 Å². The second-order valence-corrected chi connectivity index (χ2v) is 16.5. The highest BCUT2D eigenvalue weighted by molar-refractivity contribution is 6.76. The van der Waals surface area contributed by atoms with E-state index in [0.717, 1.165) is 24.6 Å². The Morgan fingerprint density at radius 3 is 2.42 bits per heavy atom. The Morgan fingerprint density at radius 1 is 1.13 bits per heavy atom. The Bertz CT molecular complexity index is 692. The van der Waals surface area contributed by atoms with Gasteiger partial charge in [0.15, 0.2) is 0 Å². The highest BCUT2D eigenvalue weighted by Crippen LogP contribution is 2.45. The molecule has 0 aromatic carbocycles. The minimum Gasteiger partial charge on any atom is -0.463 e. The lowest BCUT2D eigenvalue weighted by Gasteiger charge is -2.45. The van der Waals surface area contributed by atoms with Crippen molar-refractivity contribution in [2.75, 3.05) is 13.2 Å². The first-order valence-corrected chi connectivity index (χ1v) is 15.6. The SMILES string of the molecule is CCOC1CCC(C)(C)C(/C=C/C(C)=C/C=C/C(C)=C/C(=O)OCC[Si](C)(C)C)C1C. The maximum atomic E-state index is 11.9. The molecule has 31 heavy (non-hydrogen) atoms. The molecule has 0 spiro atoms. The third-order valence-electron chi connectivity index (χ3n) is 6.24. The van der Waals surface area contributed by atoms with Gasteiger partial charge in [-0.1, -0.05) is 76.4 Å². The van der Waals surface area contributed by atoms with E-state index >= 15 is 0 Å². The van der Waals surface area contributed by atoms with Crippen molar-refractivity contribution in [3.8, 4) is 0 Å². The molecule has 1 rings (SSSR count). The molecule has 0 N–H and O–H groups in total. The van der Waals surface area contributed by atoms with Gasteiger partial charge in [-0.05, 0) is 62.5 Å². The largest absolute Gasteiger partial charge is 0.463 e. The van der Waals surface area contributed by atoms with E-state index in [-0.39, 0.29) is 11.4 Å². The molecule has 0 amide bonds. The van der Waals surface area contributed by atoms with E-state index in [2.05, 4.69) is 72.5 Å². The molecule has 3 atom stereocenters. The van der Waals surface area contributed by atoms with Crippen LogP contribution in [0.3, 0.4) is 0 Å². The highest BCUT2D eigenvalue weighted by Gasteiger charge is 2.40. The normalized spacial score (nSPS) is 25.4. The molecule has 0 bridgehead atoms. The van der Waals surface area contributed by atoms with E-state index in [0.29, 0.717) is 24.5 Å². The first kappa shape index (κ1) is 27.6. The third-order valence-corrected chi connectivity index (χ3v) is 7.94. The molecule has 4 heteroatoms. The number of carbonyl (C=O) groups is 1. The van der Waals surface area contributed by atoms with Crippen LogP contribution in [0.15, 0.2) is 47.6 Å². The molecule has 1 aliphatic carbocycles. The van der Waals surface area contributed by atoms with E-state index in [1.165, 1.54) is 12.0 Å². The molecule has 1 fully saturated rings. The molecule has 0 aliphatic heterocycles. The lowest BCUT2D eigenvalue weighted by molar-refractivity contribution is -0.137. The van der Waals surface area contributed by atoms with Gasteiger partial charge in [0.1, 0.15) is 0 Å². The molecular weight excluding hydrogens is 400 g/mol. The number of hydrogen-bond donors (Lipinski definition) is 0. The minimum absolute atomic E-state index is 0.252. The van der Waals surface area contributed by atoms with E-state index in [1.54, 1.807) is 6.08 Å². The van der Waals surface area contributed by atoms with Crippen LogP contribution < -0.4 is 0 Å².